The summed E-state index contributed by atoms with van der Waals surface area (Å²) >= 11 is 0. The van der Waals surface area contributed by atoms with Gasteiger partial charge in [-0.15, -0.1) is 0 Å². The zero-order valence-corrected chi connectivity index (χ0v) is 16.7. The molecule has 0 bridgehead atoms. The summed E-state index contributed by atoms with van der Waals surface area (Å²) in [5.74, 6) is -1.17. The molecule has 0 aliphatic rings. The minimum Gasteiger partial charge on any atom is -0.469 e. The van der Waals surface area contributed by atoms with Crippen molar-refractivity contribution >= 4 is 28.4 Å². The Kier molecular flexibility index (Phi) is 5.48. The number of esters is 1. The van der Waals surface area contributed by atoms with E-state index >= 15 is 0 Å². The fraction of sp³-hybridized carbons (Fsp3) is 0.182. The molecule has 0 radical (unpaired) electrons. The molecular formula is C22H19FN4O4. The molecule has 1 N–H and O–H groups in total. The van der Waals surface area contributed by atoms with Gasteiger partial charge in [-0.1, -0.05) is 12.1 Å². The third kappa shape index (κ3) is 4.02. The summed E-state index contributed by atoms with van der Waals surface area (Å²) in [7, 11) is 1.28. The van der Waals surface area contributed by atoms with Crippen LogP contribution in [0.25, 0.3) is 16.6 Å². The number of aromatic nitrogens is 3. The normalized spacial score (nSPS) is 11.0. The van der Waals surface area contributed by atoms with E-state index in [0.29, 0.717) is 22.1 Å². The second kappa shape index (κ2) is 8.39. The molecule has 0 aliphatic heterocycles. The highest BCUT2D eigenvalue weighted by molar-refractivity contribution is 5.97. The first kappa shape index (κ1) is 20.3. The number of halogens is 1. The van der Waals surface area contributed by atoms with Gasteiger partial charge in [0, 0.05) is 12.1 Å². The molecule has 0 atom stereocenters. The van der Waals surface area contributed by atoms with E-state index in [0.717, 1.165) is 5.56 Å². The topological polar surface area (TPSA) is 94.7 Å². The smallest absolute Gasteiger partial charge is 0.307 e. The van der Waals surface area contributed by atoms with Crippen molar-refractivity contribution in [1.82, 2.24) is 19.5 Å². The number of hydrogen-bond acceptors (Lipinski definition) is 5. The number of methoxy groups -OCH3 is 1. The van der Waals surface area contributed by atoms with Crippen LogP contribution < -0.4 is 10.9 Å². The van der Waals surface area contributed by atoms with Gasteiger partial charge < -0.3 is 14.6 Å². The van der Waals surface area contributed by atoms with Crippen LogP contribution in [0.3, 0.4) is 0 Å². The van der Waals surface area contributed by atoms with Gasteiger partial charge in [-0.05, 0) is 42.0 Å². The highest BCUT2D eigenvalue weighted by Crippen LogP contribution is 2.18. The molecule has 0 fully saturated rings. The predicted octanol–water partition coefficient (Wildman–Crippen LogP) is 2.13. The minimum atomic E-state index is -0.423. The Balaban J connectivity index is 1.76. The summed E-state index contributed by atoms with van der Waals surface area (Å²) in [5.41, 5.74) is 2.33. The molecule has 158 valence electrons. The molecule has 1 amide bonds. The Morgan fingerprint density at radius 1 is 1.06 bits per heavy atom. The van der Waals surface area contributed by atoms with Crippen molar-refractivity contribution in [1.29, 1.82) is 0 Å². The van der Waals surface area contributed by atoms with Gasteiger partial charge >= 0.3 is 5.97 Å². The Bertz CT molecular complexity index is 1340. The molecule has 0 saturated heterocycles. The fourth-order valence-corrected chi connectivity index (χ4v) is 3.38. The quantitative estimate of drug-likeness (QED) is 0.481. The summed E-state index contributed by atoms with van der Waals surface area (Å²) in [6, 6.07) is 12.5. The third-order valence-corrected chi connectivity index (χ3v) is 4.96. The lowest BCUT2D eigenvalue weighted by Crippen LogP contribution is -2.27. The molecular weight excluding hydrogens is 403 g/mol. The molecule has 0 unspecified atom stereocenters. The van der Waals surface area contributed by atoms with E-state index in [1.54, 1.807) is 36.4 Å². The third-order valence-electron chi connectivity index (χ3n) is 4.96. The number of carbonyl (C=O) groups is 2. The van der Waals surface area contributed by atoms with E-state index in [1.807, 2.05) is 0 Å². The minimum absolute atomic E-state index is 0.0546. The first-order valence-electron chi connectivity index (χ1n) is 9.57. The summed E-state index contributed by atoms with van der Waals surface area (Å²) in [6.07, 6.45) is 1.59. The number of nitrogens with one attached hydrogen (secondary N) is 1. The number of hydrogen-bond donors (Lipinski definition) is 1. The Hall–Kier alpha value is -4.01. The summed E-state index contributed by atoms with van der Waals surface area (Å²) in [4.78, 5) is 36.9. The summed E-state index contributed by atoms with van der Waals surface area (Å²) in [5, 5.41) is 6.88. The number of nitrogens with zero attached hydrogens (tertiary/aromatic N) is 3. The zero-order chi connectivity index (χ0) is 22.0. The van der Waals surface area contributed by atoms with Gasteiger partial charge in [0.1, 0.15) is 11.3 Å². The zero-order valence-electron chi connectivity index (χ0n) is 16.7. The highest BCUT2D eigenvalue weighted by atomic mass is 19.1. The van der Waals surface area contributed by atoms with E-state index in [2.05, 4.69) is 15.2 Å². The van der Waals surface area contributed by atoms with Crippen molar-refractivity contribution in [2.75, 3.05) is 13.7 Å². The second-order valence-electron chi connectivity index (χ2n) is 6.93. The van der Waals surface area contributed by atoms with E-state index in [-0.39, 0.29) is 36.8 Å². The van der Waals surface area contributed by atoms with Crippen LogP contribution in [0.5, 0.6) is 0 Å². The molecule has 0 aliphatic carbocycles. The lowest BCUT2D eigenvalue weighted by Gasteiger charge is -2.13. The number of rotatable bonds is 6. The Morgan fingerprint density at radius 3 is 2.58 bits per heavy atom. The maximum atomic E-state index is 13.3. The van der Waals surface area contributed by atoms with Crippen LogP contribution in [0, 0.1) is 5.82 Å². The van der Waals surface area contributed by atoms with Crippen molar-refractivity contribution in [2.45, 2.75) is 13.0 Å². The van der Waals surface area contributed by atoms with Crippen LogP contribution in [0.1, 0.15) is 22.3 Å². The lowest BCUT2D eigenvalue weighted by atomic mass is 10.1. The van der Waals surface area contributed by atoms with Crippen molar-refractivity contribution < 1.29 is 18.7 Å². The maximum Gasteiger partial charge on any atom is 0.307 e. The van der Waals surface area contributed by atoms with Crippen LogP contribution in [0.2, 0.25) is 0 Å². The number of benzene rings is 2. The van der Waals surface area contributed by atoms with Crippen LogP contribution in [-0.2, 0) is 16.1 Å². The van der Waals surface area contributed by atoms with Gasteiger partial charge in [0.15, 0.2) is 0 Å². The van der Waals surface area contributed by atoms with Crippen LogP contribution in [0.15, 0.2) is 59.5 Å². The van der Waals surface area contributed by atoms with Gasteiger partial charge in [0.25, 0.3) is 11.5 Å². The van der Waals surface area contributed by atoms with Crippen LogP contribution >= 0.6 is 0 Å². The second-order valence-corrected chi connectivity index (χ2v) is 6.93. The molecule has 2 aromatic heterocycles. The number of carbonyl (C=O) groups excluding carboxylic acids is 2. The molecule has 8 nitrogen and oxygen atoms in total. The van der Waals surface area contributed by atoms with Crippen LogP contribution in [-0.4, -0.2) is 39.7 Å². The van der Waals surface area contributed by atoms with Crippen molar-refractivity contribution in [3.05, 3.63) is 82.0 Å². The molecule has 0 spiro atoms. The molecule has 9 heteroatoms. The van der Waals surface area contributed by atoms with Gasteiger partial charge in [0.2, 0.25) is 0 Å². The average molecular weight is 422 g/mol. The van der Waals surface area contributed by atoms with E-state index in [1.165, 1.54) is 34.5 Å². The Morgan fingerprint density at radius 2 is 1.84 bits per heavy atom. The highest BCUT2D eigenvalue weighted by Gasteiger charge is 2.15. The summed E-state index contributed by atoms with van der Waals surface area (Å²) in [6.45, 7) is 0.328. The molecule has 4 rings (SSSR count). The van der Waals surface area contributed by atoms with Crippen molar-refractivity contribution in [3.63, 3.8) is 0 Å². The van der Waals surface area contributed by atoms with Crippen LogP contribution in [0.4, 0.5) is 4.39 Å². The van der Waals surface area contributed by atoms with Gasteiger partial charge in [0.05, 0.1) is 37.3 Å². The Labute approximate surface area is 175 Å². The maximum absolute atomic E-state index is 13.3. The predicted molar refractivity (Wildman–Crippen MR) is 111 cm³/mol. The van der Waals surface area contributed by atoms with E-state index < -0.39 is 5.97 Å². The molecule has 0 saturated carbocycles. The number of ether oxygens (including phenoxy) is 1. The fourth-order valence-electron chi connectivity index (χ4n) is 3.38. The van der Waals surface area contributed by atoms with Crippen molar-refractivity contribution in [2.24, 2.45) is 0 Å². The number of fused-ring (bicyclic) bond motifs is 3. The lowest BCUT2D eigenvalue weighted by molar-refractivity contribution is -0.140. The molecule has 4 aromatic rings. The molecule has 31 heavy (non-hydrogen) atoms. The van der Waals surface area contributed by atoms with Gasteiger partial charge in [-0.2, -0.15) is 5.10 Å². The summed E-state index contributed by atoms with van der Waals surface area (Å²) < 4.78 is 20.9. The largest absolute Gasteiger partial charge is 0.469 e. The van der Waals surface area contributed by atoms with Crippen molar-refractivity contribution in [3.8, 4) is 0 Å². The number of amides is 1. The molecule has 2 aromatic carbocycles. The average Bonchev–Trinajstić information content (AvgIpc) is 3.27. The SMILES string of the molecule is COC(=O)CCNC(=O)c1ccc2c(c1)n(Cc1ccc(F)cc1)c(=O)c1ccnn12. The van der Waals surface area contributed by atoms with Gasteiger partial charge in [-0.25, -0.2) is 8.91 Å². The standard InChI is InChI=1S/C22H19FN4O4/c1-31-20(28)9-10-24-21(29)15-4-7-17-19(12-15)26(13-14-2-5-16(23)6-3-14)22(30)18-8-11-25-27(17)18/h2-8,11-12H,9-10,13H2,1H3,(H,24,29). The molecule has 2 heterocycles. The van der Waals surface area contributed by atoms with Gasteiger partial charge in [-0.3, -0.25) is 14.4 Å². The first-order valence-corrected chi connectivity index (χ1v) is 9.57. The monoisotopic (exact) mass is 422 g/mol. The van der Waals surface area contributed by atoms with E-state index in [4.69, 9.17) is 0 Å². The first-order chi connectivity index (χ1) is 15.0. The van der Waals surface area contributed by atoms with E-state index in [9.17, 15) is 18.8 Å².